The van der Waals surface area contributed by atoms with Crippen LogP contribution in [0.3, 0.4) is 0 Å². The van der Waals surface area contributed by atoms with Crippen LogP contribution in [0.1, 0.15) is 30.6 Å². The quantitative estimate of drug-likeness (QED) is 0.809. The van der Waals surface area contributed by atoms with Crippen molar-refractivity contribution in [1.82, 2.24) is 9.21 Å². The number of rotatable bonds is 5. The summed E-state index contributed by atoms with van der Waals surface area (Å²) in [6.45, 7) is 6.59. The van der Waals surface area contributed by atoms with Crippen LogP contribution >= 0.6 is 0 Å². The summed E-state index contributed by atoms with van der Waals surface area (Å²) in [6, 6.07) is 7.13. The fourth-order valence-electron chi connectivity index (χ4n) is 2.57. The molecular formula is C17H26N2O4S. The molecule has 1 saturated heterocycles. The van der Waals surface area contributed by atoms with Gasteiger partial charge in [-0.1, -0.05) is 13.8 Å². The molecule has 0 unspecified atom stereocenters. The van der Waals surface area contributed by atoms with Gasteiger partial charge < -0.3 is 9.64 Å². The molecule has 1 aliphatic rings. The third-order valence-corrected chi connectivity index (χ3v) is 5.20. The lowest BCUT2D eigenvalue weighted by molar-refractivity contribution is 0.0764. The summed E-state index contributed by atoms with van der Waals surface area (Å²) in [7, 11) is -3.20. The highest BCUT2D eigenvalue weighted by Crippen LogP contribution is 2.16. The van der Waals surface area contributed by atoms with Gasteiger partial charge in [0.1, 0.15) is 5.75 Å². The number of ether oxygens (including phenoxy) is 1. The van der Waals surface area contributed by atoms with Crippen LogP contribution in [0, 0.1) is 5.92 Å². The minimum absolute atomic E-state index is 0.0687. The Hall–Kier alpha value is -1.60. The molecule has 1 aliphatic heterocycles. The smallest absolute Gasteiger partial charge is 0.253 e. The molecule has 0 radical (unpaired) electrons. The molecule has 24 heavy (non-hydrogen) atoms. The van der Waals surface area contributed by atoms with Gasteiger partial charge >= 0.3 is 0 Å². The maximum absolute atomic E-state index is 12.6. The number of amides is 1. The summed E-state index contributed by atoms with van der Waals surface area (Å²) in [4.78, 5) is 14.3. The lowest BCUT2D eigenvalue weighted by Gasteiger charge is -2.21. The average molecular weight is 354 g/mol. The first-order chi connectivity index (χ1) is 11.3. The van der Waals surface area contributed by atoms with Crippen molar-refractivity contribution in [3.63, 3.8) is 0 Å². The molecule has 1 aromatic rings. The summed E-state index contributed by atoms with van der Waals surface area (Å²) in [5.74, 6) is 1.13. The SMILES string of the molecule is CC(C)COc1ccc(C(=O)N2CCCN(S(C)(=O)=O)CC2)cc1. The number of carbonyl (C=O) groups is 1. The van der Waals surface area contributed by atoms with Crippen molar-refractivity contribution in [2.24, 2.45) is 5.92 Å². The van der Waals surface area contributed by atoms with E-state index in [-0.39, 0.29) is 5.91 Å². The van der Waals surface area contributed by atoms with E-state index in [9.17, 15) is 13.2 Å². The molecule has 0 spiro atoms. The van der Waals surface area contributed by atoms with E-state index in [2.05, 4.69) is 13.8 Å². The standard InChI is InChI=1S/C17H26N2O4S/c1-14(2)13-23-16-7-5-15(6-8-16)17(20)18-9-4-10-19(12-11-18)24(3,21)22/h5-8,14H,4,9-13H2,1-3H3. The Labute approximate surface area is 144 Å². The van der Waals surface area contributed by atoms with Crippen molar-refractivity contribution in [1.29, 1.82) is 0 Å². The van der Waals surface area contributed by atoms with E-state index in [1.165, 1.54) is 10.6 Å². The zero-order valence-electron chi connectivity index (χ0n) is 14.6. The fourth-order valence-corrected chi connectivity index (χ4v) is 3.44. The molecule has 0 bridgehead atoms. The first-order valence-electron chi connectivity index (χ1n) is 8.24. The molecule has 6 nitrogen and oxygen atoms in total. The summed E-state index contributed by atoms with van der Waals surface area (Å²) in [5, 5.41) is 0. The zero-order chi connectivity index (χ0) is 17.7. The van der Waals surface area contributed by atoms with E-state index in [4.69, 9.17) is 4.74 Å². The fraction of sp³-hybridized carbons (Fsp3) is 0.588. The number of hydrogen-bond donors (Lipinski definition) is 0. The van der Waals surface area contributed by atoms with E-state index in [1.807, 2.05) is 0 Å². The predicted octanol–water partition coefficient (Wildman–Crippen LogP) is 1.83. The van der Waals surface area contributed by atoms with Crippen molar-refractivity contribution in [2.75, 3.05) is 39.0 Å². The van der Waals surface area contributed by atoms with Crippen LogP contribution in [0.5, 0.6) is 5.75 Å². The third-order valence-electron chi connectivity index (χ3n) is 3.90. The van der Waals surface area contributed by atoms with Gasteiger partial charge in [-0.05, 0) is 36.6 Å². The number of sulfonamides is 1. The van der Waals surface area contributed by atoms with Gasteiger partial charge in [0.05, 0.1) is 12.9 Å². The first kappa shape index (κ1) is 18.7. The number of nitrogens with zero attached hydrogens (tertiary/aromatic N) is 2. The summed E-state index contributed by atoms with van der Waals surface area (Å²) in [6.07, 6.45) is 1.86. The second kappa shape index (κ2) is 7.98. The van der Waals surface area contributed by atoms with E-state index in [0.717, 1.165) is 5.75 Å². The van der Waals surface area contributed by atoms with Crippen LogP contribution in [-0.4, -0.2) is 62.6 Å². The van der Waals surface area contributed by atoms with Crippen molar-refractivity contribution in [3.8, 4) is 5.75 Å². The molecule has 134 valence electrons. The zero-order valence-corrected chi connectivity index (χ0v) is 15.4. The molecule has 1 heterocycles. The van der Waals surface area contributed by atoms with Crippen molar-refractivity contribution < 1.29 is 17.9 Å². The van der Waals surface area contributed by atoms with Gasteiger partial charge in [0.2, 0.25) is 10.0 Å². The number of carbonyl (C=O) groups excluding carboxylic acids is 1. The summed E-state index contributed by atoms with van der Waals surface area (Å²) < 4.78 is 30.3. The summed E-state index contributed by atoms with van der Waals surface area (Å²) in [5.41, 5.74) is 0.597. The lowest BCUT2D eigenvalue weighted by Crippen LogP contribution is -2.36. The number of hydrogen-bond acceptors (Lipinski definition) is 4. The van der Waals surface area contributed by atoms with Gasteiger partial charge in [-0.25, -0.2) is 12.7 Å². The van der Waals surface area contributed by atoms with Gasteiger partial charge in [-0.15, -0.1) is 0 Å². The molecule has 1 aromatic carbocycles. The van der Waals surface area contributed by atoms with E-state index in [0.29, 0.717) is 50.7 Å². The van der Waals surface area contributed by atoms with Crippen molar-refractivity contribution in [2.45, 2.75) is 20.3 Å². The highest BCUT2D eigenvalue weighted by molar-refractivity contribution is 7.88. The molecule has 1 fully saturated rings. The monoisotopic (exact) mass is 354 g/mol. The highest BCUT2D eigenvalue weighted by atomic mass is 32.2. The normalized spacial score (nSPS) is 16.9. The topological polar surface area (TPSA) is 66.9 Å². The molecule has 0 aliphatic carbocycles. The van der Waals surface area contributed by atoms with Crippen LogP contribution in [0.4, 0.5) is 0 Å². The van der Waals surface area contributed by atoms with Crippen LogP contribution in [0.15, 0.2) is 24.3 Å². The van der Waals surface area contributed by atoms with E-state index >= 15 is 0 Å². The number of benzene rings is 1. The van der Waals surface area contributed by atoms with Crippen LogP contribution in [0.2, 0.25) is 0 Å². The Balaban J connectivity index is 1.98. The summed E-state index contributed by atoms with van der Waals surface area (Å²) >= 11 is 0. The second-order valence-corrected chi connectivity index (χ2v) is 8.52. The predicted molar refractivity (Wildman–Crippen MR) is 93.7 cm³/mol. The second-order valence-electron chi connectivity index (χ2n) is 6.54. The van der Waals surface area contributed by atoms with Gasteiger partial charge in [-0.2, -0.15) is 0 Å². The Morgan fingerprint density at radius 3 is 2.38 bits per heavy atom. The van der Waals surface area contributed by atoms with Crippen LogP contribution in [-0.2, 0) is 10.0 Å². The maximum Gasteiger partial charge on any atom is 0.253 e. The van der Waals surface area contributed by atoms with Gasteiger partial charge in [0.15, 0.2) is 0 Å². The largest absolute Gasteiger partial charge is 0.493 e. The minimum Gasteiger partial charge on any atom is -0.493 e. The van der Waals surface area contributed by atoms with Gasteiger partial charge in [0, 0.05) is 31.7 Å². The molecule has 0 aromatic heterocycles. The van der Waals surface area contributed by atoms with Crippen molar-refractivity contribution in [3.05, 3.63) is 29.8 Å². The Morgan fingerprint density at radius 2 is 1.79 bits per heavy atom. The minimum atomic E-state index is -3.20. The molecule has 2 rings (SSSR count). The third kappa shape index (κ3) is 5.21. The molecule has 0 atom stereocenters. The molecular weight excluding hydrogens is 328 g/mol. The van der Waals surface area contributed by atoms with E-state index in [1.54, 1.807) is 29.2 Å². The van der Waals surface area contributed by atoms with Crippen LogP contribution < -0.4 is 4.74 Å². The Morgan fingerprint density at radius 1 is 1.12 bits per heavy atom. The highest BCUT2D eigenvalue weighted by Gasteiger charge is 2.24. The first-order valence-corrected chi connectivity index (χ1v) is 10.1. The Bertz CT molecular complexity index is 656. The molecule has 1 amide bonds. The molecule has 0 saturated carbocycles. The maximum atomic E-state index is 12.6. The van der Waals surface area contributed by atoms with E-state index < -0.39 is 10.0 Å². The molecule has 0 N–H and O–H groups in total. The Kier molecular flexibility index (Phi) is 6.23. The van der Waals surface area contributed by atoms with Crippen LogP contribution in [0.25, 0.3) is 0 Å². The van der Waals surface area contributed by atoms with Gasteiger partial charge in [-0.3, -0.25) is 4.79 Å². The van der Waals surface area contributed by atoms with Crippen molar-refractivity contribution >= 4 is 15.9 Å². The average Bonchev–Trinajstić information content (AvgIpc) is 2.78. The lowest BCUT2D eigenvalue weighted by atomic mass is 10.2. The van der Waals surface area contributed by atoms with Gasteiger partial charge in [0.25, 0.3) is 5.91 Å². The molecule has 7 heteroatoms.